The number of rotatable bonds is 6. The lowest BCUT2D eigenvalue weighted by atomic mass is 10.2. The highest BCUT2D eigenvalue weighted by atomic mass is 32.1. The maximum atomic E-state index is 13.4. The van der Waals surface area contributed by atoms with Crippen LogP contribution in [0.5, 0.6) is 5.75 Å². The molecule has 4 rings (SSSR count). The van der Waals surface area contributed by atoms with Gasteiger partial charge in [-0.3, -0.25) is 10.1 Å². The van der Waals surface area contributed by atoms with E-state index in [0.717, 1.165) is 16.4 Å². The van der Waals surface area contributed by atoms with Gasteiger partial charge in [-0.05, 0) is 48.0 Å². The molecule has 0 aliphatic rings. The average Bonchev–Trinajstić information content (AvgIpc) is 3.35. The molecule has 10 heteroatoms. The molecule has 4 aromatic rings. The van der Waals surface area contributed by atoms with E-state index < -0.39 is 23.6 Å². The maximum Gasteiger partial charge on any atom is 0.338 e. The fraction of sp³-hybridized carbons (Fsp3) is 0.0417. The van der Waals surface area contributed by atoms with Crippen LogP contribution in [0.25, 0.3) is 5.69 Å². The second-order valence-corrected chi connectivity index (χ2v) is 7.47. The van der Waals surface area contributed by atoms with Crippen LogP contribution in [0, 0.1) is 11.6 Å². The van der Waals surface area contributed by atoms with E-state index >= 15 is 0 Å². The molecule has 0 fully saturated rings. The first-order chi connectivity index (χ1) is 16.4. The first-order valence-electron chi connectivity index (χ1n) is 10.0. The van der Waals surface area contributed by atoms with Gasteiger partial charge in [-0.15, -0.1) is 0 Å². The summed E-state index contributed by atoms with van der Waals surface area (Å²) in [5.74, 6) is -2.20. The molecule has 34 heavy (non-hydrogen) atoms. The Morgan fingerprint density at radius 2 is 1.76 bits per heavy atom. The monoisotopic (exact) mass is 480 g/mol. The van der Waals surface area contributed by atoms with Crippen molar-refractivity contribution in [2.24, 2.45) is 0 Å². The lowest BCUT2D eigenvalue weighted by Crippen LogP contribution is -2.39. The second kappa shape index (κ2) is 10.2. The van der Waals surface area contributed by atoms with Crippen LogP contribution in [-0.2, 0) is 6.61 Å². The standard InChI is InChI=1S/C24H18F2N4O3S/c25-20-10-9-16(13-21(20)26)15-33-19-8-4-7-18(14-19)30(34)24(32)28-23(31)22-11-12-27-29(22)17-5-2-1-3-6-17/h1-14,34H,15H2,(H,28,31,32). The number of hydrogen-bond donors (Lipinski definition) is 2. The number of nitrogens with one attached hydrogen (secondary N) is 1. The molecule has 0 radical (unpaired) electrons. The Balaban J connectivity index is 1.42. The molecule has 0 saturated heterocycles. The number of nitrogens with zero attached hydrogens (tertiary/aromatic N) is 3. The Bertz CT molecular complexity index is 1330. The van der Waals surface area contributed by atoms with E-state index in [1.807, 2.05) is 6.07 Å². The fourth-order valence-corrected chi connectivity index (χ4v) is 3.26. The Kier molecular flexibility index (Phi) is 6.88. The number of imide groups is 1. The number of halogens is 2. The van der Waals surface area contributed by atoms with Crippen LogP contribution in [-0.4, -0.2) is 21.7 Å². The van der Waals surface area contributed by atoms with Crippen LogP contribution in [0.3, 0.4) is 0 Å². The van der Waals surface area contributed by atoms with Gasteiger partial charge in [0.25, 0.3) is 5.91 Å². The van der Waals surface area contributed by atoms with Crippen molar-refractivity contribution >= 4 is 30.4 Å². The van der Waals surface area contributed by atoms with Gasteiger partial charge in [0.15, 0.2) is 11.6 Å². The third kappa shape index (κ3) is 5.24. The summed E-state index contributed by atoms with van der Waals surface area (Å²) in [7, 11) is 0. The van der Waals surface area contributed by atoms with Crippen molar-refractivity contribution in [1.29, 1.82) is 0 Å². The summed E-state index contributed by atoms with van der Waals surface area (Å²) in [5, 5.41) is 6.41. The smallest absolute Gasteiger partial charge is 0.338 e. The Morgan fingerprint density at radius 1 is 0.971 bits per heavy atom. The summed E-state index contributed by atoms with van der Waals surface area (Å²) < 4.78 is 34.4. The maximum absolute atomic E-state index is 13.4. The van der Waals surface area contributed by atoms with Crippen molar-refractivity contribution in [2.75, 3.05) is 4.31 Å². The summed E-state index contributed by atoms with van der Waals surface area (Å²) in [5.41, 5.74) is 1.60. The summed E-state index contributed by atoms with van der Waals surface area (Å²) in [4.78, 5) is 25.3. The predicted molar refractivity (Wildman–Crippen MR) is 125 cm³/mol. The van der Waals surface area contributed by atoms with E-state index in [1.165, 1.54) is 29.1 Å². The van der Waals surface area contributed by atoms with Gasteiger partial charge < -0.3 is 4.74 Å². The van der Waals surface area contributed by atoms with Gasteiger partial charge in [0.1, 0.15) is 18.1 Å². The number of ether oxygens (including phenoxy) is 1. The van der Waals surface area contributed by atoms with E-state index in [2.05, 4.69) is 23.2 Å². The quantitative estimate of drug-likeness (QED) is 0.384. The molecule has 3 aromatic carbocycles. The van der Waals surface area contributed by atoms with Crippen LogP contribution in [0.4, 0.5) is 19.3 Å². The van der Waals surface area contributed by atoms with Crippen LogP contribution < -0.4 is 14.4 Å². The largest absolute Gasteiger partial charge is 0.489 e. The molecule has 0 aliphatic heterocycles. The molecule has 1 aromatic heterocycles. The summed E-state index contributed by atoms with van der Waals surface area (Å²) >= 11 is 4.19. The summed E-state index contributed by atoms with van der Waals surface area (Å²) in [6.45, 7) is -0.0125. The average molecular weight is 480 g/mol. The topological polar surface area (TPSA) is 76.5 Å². The number of aromatic nitrogens is 2. The van der Waals surface area contributed by atoms with Gasteiger partial charge >= 0.3 is 6.03 Å². The van der Waals surface area contributed by atoms with E-state index in [0.29, 0.717) is 22.7 Å². The number of benzene rings is 3. The highest BCUT2D eigenvalue weighted by Crippen LogP contribution is 2.24. The van der Waals surface area contributed by atoms with Gasteiger partial charge in [-0.25, -0.2) is 22.6 Å². The molecule has 1 heterocycles. The van der Waals surface area contributed by atoms with Gasteiger partial charge in [0.05, 0.1) is 17.6 Å². The second-order valence-electron chi connectivity index (χ2n) is 7.07. The first-order valence-corrected chi connectivity index (χ1v) is 10.4. The minimum atomic E-state index is -0.966. The van der Waals surface area contributed by atoms with E-state index in [1.54, 1.807) is 42.5 Å². The predicted octanol–water partition coefficient (Wildman–Crippen LogP) is 4.93. The number of anilines is 1. The normalized spacial score (nSPS) is 10.6. The number of thiol groups is 1. The molecule has 0 bridgehead atoms. The molecule has 7 nitrogen and oxygen atoms in total. The molecule has 172 valence electrons. The van der Waals surface area contributed by atoms with E-state index in [4.69, 9.17) is 4.74 Å². The molecule has 0 saturated carbocycles. The molecular formula is C24H18F2N4O3S. The SMILES string of the molecule is O=C(NC(=O)N(S)c1cccc(OCc2ccc(F)c(F)c2)c1)c1ccnn1-c1ccccc1. The number of carbonyl (C=O) groups excluding carboxylic acids is 2. The van der Waals surface area contributed by atoms with Crippen molar-refractivity contribution in [3.8, 4) is 11.4 Å². The number of carbonyl (C=O) groups is 2. The van der Waals surface area contributed by atoms with Crippen molar-refractivity contribution in [3.05, 3.63) is 108 Å². The molecule has 0 spiro atoms. The minimum absolute atomic E-state index is 0.0125. The minimum Gasteiger partial charge on any atom is -0.489 e. The van der Waals surface area contributed by atoms with Crippen LogP contribution in [0.15, 0.2) is 85.1 Å². The van der Waals surface area contributed by atoms with Gasteiger partial charge in [-0.2, -0.15) is 5.10 Å². The molecule has 0 atom stereocenters. The zero-order valence-corrected chi connectivity index (χ0v) is 18.5. The molecular weight excluding hydrogens is 462 g/mol. The Hall–Kier alpha value is -4.18. The summed E-state index contributed by atoms with van der Waals surface area (Å²) in [6, 6.07) is 19.6. The third-order valence-electron chi connectivity index (χ3n) is 4.74. The third-order valence-corrected chi connectivity index (χ3v) is 5.15. The fourth-order valence-electron chi connectivity index (χ4n) is 3.08. The van der Waals surface area contributed by atoms with Gasteiger partial charge in [-0.1, -0.05) is 43.1 Å². The van der Waals surface area contributed by atoms with Crippen LogP contribution >= 0.6 is 12.8 Å². The van der Waals surface area contributed by atoms with Gasteiger partial charge in [0.2, 0.25) is 0 Å². The number of amides is 3. The number of urea groups is 1. The van der Waals surface area contributed by atoms with Crippen LogP contribution in [0.1, 0.15) is 16.1 Å². The van der Waals surface area contributed by atoms with Crippen molar-refractivity contribution in [2.45, 2.75) is 6.61 Å². The molecule has 0 unspecified atom stereocenters. The number of hydrogen-bond acceptors (Lipinski definition) is 5. The van der Waals surface area contributed by atoms with E-state index in [-0.39, 0.29) is 12.3 Å². The zero-order valence-electron chi connectivity index (χ0n) is 17.6. The lowest BCUT2D eigenvalue weighted by molar-refractivity contribution is 0.0959. The Morgan fingerprint density at radius 3 is 2.53 bits per heavy atom. The van der Waals surface area contributed by atoms with Crippen molar-refractivity contribution in [1.82, 2.24) is 15.1 Å². The molecule has 3 amide bonds. The molecule has 0 aliphatic carbocycles. The Labute approximate surface area is 199 Å². The van der Waals surface area contributed by atoms with E-state index in [9.17, 15) is 18.4 Å². The lowest BCUT2D eigenvalue weighted by Gasteiger charge is -2.17. The number of para-hydroxylation sites is 1. The van der Waals surface area contributed by atoms with Crippen molar-refractivity contribution in [3.63, 3.8) is 0 Å². The first kappa shape index (κ1) is 23.0. The molecule has 1 N–H and O–H groups in total. The highest BCUT2D eigenvalue weighted by Gasteiger charge is 2.20. The zero-order chi connectivity index (χ0) is 24.1. The summed E-state index contributed by atoms with van der Waals surface area (Å²) in [6.07, 6.45) is 1.46. The van der Waals surface area contributed by atoms with Crippen molar-refractivity contribution < 1.29 is 23.1 Å². The highest BCUT2D eigenvalue weighted by molar-refractivity contribution is 7.82. The van der Waals surface area contributed by atoms with Crippen LogP contribution in [0.2, 0.25) is 0 Å². The van der Waals surface area contributed by atoms with Gasteiger partial charge in [0, 0.05) is 6.07 Å².